The van der Waals surface area contributed by atoms with E-state index >= 15 is 0 Å². The zero-order valence-electron chi connectivity index (χ0n) is 13.0. The van der Waals surface area contributed by atoms with Crippen molar-refractivity contribution in [1.29, 1.82) is 0 Å². The van der Waals surface area contributed by atoms with E-state index in [9.17, 15) is 4.79 Å². The molecule has 110 valence electrons. The van der Waals surface area contributed by atoms with Gasteiger partial charge in [-0.05, 0) is 35.7 Å². The van der Waals surface area contributed by atoms with Gasteiger partial charge in [-0.1, -0.05) is 38.1 Å². The number of para-hydroxylation sites is 2. The highest BCUT2D eigenvalue weighted by molar-refractivity contribution is 6.06. The number of anilines is 1. The minimum Gasteiger partial charge on any atom is -0.495 e. The van der Waals surface area contributed by atoms with Gasteiger partial charge in [-0.25, -0.2) is 0 Å². The first kappa shape index (κ1) is 15.1. The Hall–Kier alpha value is -2.29. The van der Waals surface area contributed by atoms with Crippen LogP contribution in [-0.2, 0) is 0 Å². The van der Waals surface area contributed by atoms with Crippen molar-refractivity contribution in [2.75, 3.05) is 19.1 Å². The molecule has 0 N–H and O–H groups in total. The molecular formula is C18H21NO2. The number of carbonyl (C=O) groups excluding carboxylic acids is 1. The summed E-state index contributed by atoms with van der Waals surface area (Å²) >= 11 is 0. The second-order valence-corrected chi connectivity index (χ2v) is 5.31. The zero-order valence-corrected chi connectivity index (χ0v) is 13.0. The average molecular weight is 283 g/mol. The fraction of sp³-hybridized carbons (Fsp3) is 0.278. The summed E-state index contributed by atoms with van der Waals surface area (Å²) in [5, 5.41) is 0. The van der Waals surface area contributed by atoms with Crippen LogP contribution in [0.1, 0.15) is 35.7 Å². The highest BCUT2D eigenvalue weighted by Gasteiger charge is 2.16. The first-order chi connectivity index (χ1) is 10.0. The lowest BCUT2D eigenvalue weighted by atomic mass is 10.0. The molecule has 0 atom stereocenters. The van der Waals surface area contributed by atoms with Gasteiger partial charge in [-0.2, -0.15) is 0 Å². The van der Waals surface area contributed by atoms with Crippen LogP contribution in [0.3, 0.4) is 0 Å². The molecule has 0 aromatic heterocycles. The number of methoxy groups -OCH3 is 1. The molecule has 0 saturated heterocycles. The molecule has 0 saturated carbocycles. The first-order valence-electron chi connectivity index (χ1n) is 7.05. The van der Waals surface area contributed by atoms with Crippen molar-refractivity contribution in [2.45, 2.75) is 19.8 Å². The lowest BCUT2D eigenvalue weighted by molar-refractivity contribution is 0.0992. The molecule has 2 aromatic rings. The van der Waals surface area contributed by atoms with Crippen LogP contribution in [-0.4, -0.2) is 20.1 Å². The second kappa shape index (κ2) is 6.44. The van der Waals surface area contributed by atoms with E-state index in [-0.39, 0.29) is 5.91 Å². The Kier molecular flexibility index (Phi) is 4.63. The third-order valence-corrected chi connectivity index (χ3v) is 3.58. The van der Waals surface area contributed by atoms with Crippen molar-refractivity contribution in [3.8, 4) is 5.75 Å². The van der Waals surface area contributed by atoms with E-state index in [1.807, 2.05) is 48.5 Å². The van der Waals surface area contributed by atoms with Crippen LogP contribution in [0.2, 0.25) is 0 Å². The van der Waals surface area contributed by atoms with Crippen molar-refractivity contribution >= 4 is 11.6 Å². The number of ether oxygens (including phenoxy) is 1. The fourth-order valence-electron chi connectivity index (χ4n) is 2.22. The van der Waals surface area contributed by atoms with Gasteiger partial charge >= 0.3 is 0 Å². The summed E-state index contributed by atoms with van der Waals surface area (Å²) in [7, 11) is 3.37. The Balaban J connectivity index is 2.26. The quantitative estimate of drug-likeness (QED) is 0.845. The largest absolute Gasteiger partial charge is 0.495 e. The average Bonchev–Trinajstić information content (AvgIpc) is 2.53. The molecule has 0 bridgehead atoms. The third kappa shape index (κ3) is 3.24. The van der Waals surface area contributed by atoms with E-state index < -0.39 is 0 Å². The van der Waals surface area contributed by atoms with Crippen molar-refractivity contribution in [2.24, 2.45) is 0 Å². The van der Waals surface area contributed by atoms with E-state index in [1.54, 1.807) is 19.1 Å². The highest BCUT2D eigenvalue weighted by Crippen LogP contribution is 2.27. The Morgan fingerprint density at radius 2 is 1.67 bits per heavy atom. The van der Waals surface area contributed by atoms with Crippen molar-refractivity contribution in [1.82, 2.24) is 0 Å². The molecule has 0 radical (unpaired) electrons. The smallest absolute Gasteiger partial charge is 0.258 e. The normalized spacial score (nSPS) is 10.5. The molecule has 0 aliphatic carbocycles. The summed E-state index contributed by atoms with van der Waals surface area (Å²) in [6.45, 7) is 4.27. The van der Waals surface area contributed by atoms with Gasteiger partial charge in [0.25, 0.3) is 5.91 Å². The van der Waals surface area contributed by atoms with Gasteiger partial charge in [-0.3, -0.25) is 4.79 Å². The first-order valence-corrected chi connectivity index (χ1v) is 7.05. The standard InChI is InChI=1S/C18H21NO2/c1-13(2)14-9-11-15(12-10-14)18(20)19(3)16-7-5-6-8-17(16)21-4/h5-13H,1-4H3. The van der Waals surface area contributed by atoms with E-state index in [0.717, 1.165) is 5.69 Å². The maximum absolute atomic E-state index is 12.6. The molecule has 21 heavy (non-hydrogen) atoms. The number of carbonyl (C=O) groups is 1. The third-order valence-electron chi connectivity index (χ3n) is 3.58. The van der Waals surface area contributed by atoms with Gasteiger partial charge < -0.3 is 9.64 Å². The SMILES string of the molecule is COc1ccccc1N(C)C(=O)c1ccc(C(C)C)cc1. The summed E-state index contributed by atoms with van der Waals surface area (Å²) in [5.41, 5.74) is 2.66. The highest BCUT2D eigenvalue weighted by atomic mass is 16.5. The molecule has 3 nitrogen and oxygen atoms in total. The summed E-state index contributed by atoms with van der Waals surface area (Å²) < 4.78 is 5.31. The molecule has 2 aromatic carbocycles. The number of rotatable bonds is 4. The predicted molar refractivity (Wildman–Crippen MR) is 86.3 cm³/mol. The minimum absolute atomic E-state index is 0.0465. The number of amides is 1. The van der Waals surface area contributed by atoms with Gasteiger partial charge in [0.15, 0.2) is 0 Å². The Labute approximate surface area is 126 Å². The Bertz CT molecular complexity index is 617. The van der Waals surface area contributed by atoms with E-state index in [1.165, 1.54) is 5.56 Å². The summed E-state index contributed by atoms with van der Waals surface area (Å²) in [5.74, 6) is 1.10. The van der Waals surface area contributed by atoms with Gasteiger partial charge in [0.1, 0.15) is 5.75 Å². The lowest BCUT2D eigenvalue weighted by Crippen LogP contribution is -2.26. The zero-order chi connectivity index (χ0) is 15.4. The van der Waals surface area contributed by atoms with Gasteiger partial charge in [0.05, 0.1) is 12.8 Å². The monoisotopic (exact) mass is 283 g/mol. The van der Waals surface area contributed by atoms with Crippen molar-refractivity contribution in [3.63, 3.8) is 0 Å². The molecule has 0 heterocycles. The number of benzene rings is 2. The fourth-order valence-corrected chi connectivity index (χ4v) is 2.22. The van der Waals surface area contributed by atoms with Gasteiger partial charge in [0, 0.05) is 12.6 Å². The van der Waals surface area contributed by atoms with E-state index in [4.69, 9.17) is 4.74 Å². The molecule has 2 rings (SSSR count). The topological polar surface area (TPSA) is 29.5 Å². The van der Waals surface area contributed by atoms with Crippen LogP contribution >= 0.6 is 0 Å². The molecule has 0 aliphatic rings. The molecule has 0 aliphatic heterocycles. The number of hydrogen-bond acceptors (Lipinski definition) is 2. The molecule has 0 spiro atoms. The Morgan fingerprint density at radius 1 is 1.05 bits per heavy atom. The molecule has 1 amide bonds. The van der Waals surface area contributed by atoms with Crippen LogP contribution in [0.25, 0.3) is 0 Å². The van der Waals surface area contributed by atoms with Crippen LogP contribution in [0.5, 0.6) is 5.75 Å². The van der Waals surface area contributed by atoms with E-state index in [2.05, 4.69) is 13.8 Å². The maximum atomic E-state index is 12.6. The second-order valence-electron chi connectivity index (χ2n) is 5.31. The Morgan fingerprint density at radius 3 is 2.24 bits per heavy atom. The molecule has 0 fully saturated rings. The predicted octanol–water partition coefficient (Wildman–Crippen LogP) is 4.10. The van der Waals surface area contributed by atoms with Gasteiger partial charge in [-0.15, -0.1) is 0 Å². The van der Waals surface area contributed by atoms with Crippen molar-refractivity contribution < 1.29 is 9.53 Å². The summed E-state index contributed by atoms with van der Waals surface area (Å²) in [4.78, 5) is 14.2. The maximum Gasteiger partial charge on any atom is 0.258 e. The molecule has 3 heteroatoms. The van der Waals surface area contributed by atoms with Gasteiger partial charge in [0.2, 0.25) is 0 Å². The van der Waals surface area contributed by atoms with Crippen LogP contribution in [0.4, 0.5) is 5.69 Å². The van der Waals surface area contributed by atoms with E-state index in [0.29, 0.717) is 17.2 Å². The number of hydrogen-bond donors (Lipinski definition) is 0. The van der Waals surface area contributed by atoms with Crippen LogP contribution in [0, 0.1) is 0 Å². The van der Waals surface area contributed by atoms with Crippen LogP contribution < -0.4 is 9.64 Å². The lowest BCUT2D eigenvalue weighted by Gasteiger charge is -2.20. The minimum atomic E-state index is -0.0465. The molecular weight excluding hydrogens is 262 g/mol. The summed E-state index contributed by atoms with van der Waals surface area (Å²) in [6.07, 6.45) is 0. The molecule has 0 unspecified atom stereocenters. The number of nitrogens with zero attached hydrogens (tertiary/aromatic N) is 1. The summed E-state index contributed by atoms with van der Waals surface area (Å²) in [6, 6.07) is 15.3. The van der Waals surface area contributed by atoms with Crippen LogP contribution in [0.15, 0.2) is 48.5 Å². The van der Waals surface area contributed by atoms with Crippen molar-refractivity contribution in [3.05, 3.63) is 59.7 Å².